The van der Waals surface area contributed by atoms with Crippen LogP contribution in [0.2, 0.25) is 0 Å². The topological polar surface area (TPSA) is 74.5 Å². The highest BCUT2D eigenvalue weighted by molar-refractivity contribution is 5.74. The van der Waals surface area contributed by atoms with Crippen LogP contribution in [-0.4, -0.2) is 58.7 Å². The molecule has 128 valence electrons. The molecule has 1 aromatic carbocycles. The summed E-state index contributed by atoms with van der Waals surface area (Å²) in [6.45, 7) is 5.91. The van der Waals surface area contributed by atoms with Gasteiger partial charge < -0.3 is 14.7 Å². The number of aromatic nitrogens is 2. The monoisotopic (exact) mass is 333 g/mol. The Morgan fingerprint density at radius 3 is 2.83 bits per heavy atom. The molecular formula is C16H20FN5O2. The van der Waals surface area contributed by atoms with Crippen molar-refractivity contribution in [2.45, 2.75) is 13.5 Å². The summed E-state index contributed by atoms with van der Waals surface area (Å²) in [6.07, 6.45) is 0. The second-order valence-electron chi connectivity index (χ2n) is 5.62. The molecule has 1 aliphatic rings. The van der Waals surface area contributed by atoms with Gasteiger partial charge in [0.05, 0.1) is 6.54 Å². The van der Waals surface area contributed by atoms with E-state index < -0.39 is 0 Å². The third kappa shape index (κ3) is 3.88. The van der Waals surface area contributed by atoms with Crippen molar-refractivity contribution in [3.8, 4) is 11.5 Å². The lowest BCUT2D eigenvalue weighted by atomic mass is 10.2. The largest absolute Gasteiger partial charge is 0.338 e. The fourth-order valence-corrected chi connectivity index (χ4v) is 2.63. The minimum Gasteiger partial charge on any atom is -0.338 e. The van der Waals surface area contributed by atoms with Gasteiger partial charge in [-0.2, -0.15) is 4.98 Å². The number of carbonyl (C=O) groups is 1. The lowest BCUT2D eigenvalue weighted by Crippen LogP contribution is -2.51. The first kappa shape index (κ1) is 16.4. The maximum Gasteiger partial charge on any atom is 0.317 e. The molecule has 0 saturated carbocycles. The Labute approximate surface area is 139 Å². The number of nitrogens with one attached hydrogen (secondary N) is 1. The van der Waals surface area contributed by atoms with Gasteiger partial charge in [0, 0.05) is 38.3 Å². The zero-order chi connectivity index (χ0) is 16.9. The highest BCUT2D eigenvalue weighted by Crippen LogP contribution is 2.18. The van der Waals surface area contributed by atoms with E-state index in [4.69, 9.17) is 4.52 Å². The van der Waals surface area contributed by atoms with E-state index >= 15 is 0 Å². The molecule has 0 radical (unpaired) electrons. The van der Waals surface area contributed by atoms with Gasteiger partial charge in [0.25, 0.3) is 5.89 Å². The SMILES string of the molecule is CCNC(=O)N1CCN(Cc2noc(-c3cccc(F)c3)n2)CC1. The molecule has 24 heavy (non-hydrogen) atoms. The quantitative estimate of drug-likeness (QED) is 0.922. The van der Waals surface area contributed by atoms with Gasteiger partial charge >= 0.3 is 6.03 Å². The summed E-state index contributed by atoms with van der Waals surface area (Å²) >= 11 is 0. The van der Waals surface area contributed by atoms with Gasteiger partial charge in [0.1, 0.15) is 5.82 Å². The smallest absolute Gasteiger partial charge is 0.317 e. The number of hydrogen-bond donors (Lipinski definition) is 1. The summed E-state index contributed by atoms with van der Waals surface area (Å²) < 4.78 is 18.5. The average Bonchev–Trinajstić information content (AvgIpc) is 3.04. The normalized spacial score (nSPS) is 15.5. The van der Waals surface area contributed by atoms with Crippen LogP contribution < -0.4 is 5.32 Å². The first-order valence-electron chi connectivity index (χ1n) is 7.99. The molecular weight excluding hydrogens is 313 g/mol. The van der Waals surface area contributed by atoms with Crippen molar-refractivity contribution >= 4 is 6.03 Å². The molecule has 0 spiro atoms. The van der Waals surface area contributed by atoms with Gasteiger partial charge in [-0.25, -0.2) is 9.18 Å². The standard InChI is InChI=1S/C16H20FN5O2/c1-2-18-16(23)22-8-6-21(7-9-22)11-14-19-15(24-20-14)12-4-3-5-13(17)10-12/h3-5,10H,2,6-9,11H2,1H3,(H,18,23). The van der Waals surface area contributed by atoms with Gasteiger partial charge in [-0.3, -0.25) is 4.90 Å². The highest BCUT2D eigenvalue weighted by Gasteiger charge is 2.22. The van der Waals surface area contributed by atoms with Crippen molar-refractivity contribution in [3.05, 3.63) is 35.9 Å². The summed E-state index contributed by atoms with van der Waals surface area (Å²) in [6, 6.07) is 6.04. The molecule has 8 heteroatoms. The molecule has 0 bridgehead atoms. The average molecular weight is 333 g/mol. The first-order valence-corrected chi connectivity index (χ1v) is 7.99. The van der Waals surface area contributed by atoms with Gasteiger partial charge in [0.2, 0.25) is 0 Å². The van der Waals surface area contributed by atoms with Crippen molar-refractivity contribution < 1.29 is 13.7 Å². The number of carbonyl (C=O) groups excluding carboxylic acids is 1. The van der Waals surface area contributed by atoms with Crippen LogP contribution >= 0.6 is 0 Å². The van der Waals surface area contributed by atoms with Crippen LogP contribution in [0.15, 0.2) is 28.8 Å². The summed E-state index contributed by atoms with van der Waals surface area (Å²) in [7, 11) is 0. The van der Waals surface area contributed by atoms with E-state index in [0.717, 1.165) is 13.1 Å². The van der Waals surface area contributed by atoms with Crippen molar-refractivity contribution in [1.29, 1.82) is 0 Å². The number of urea groups is 1. The Kier molecular flexibility index (Phi) is 5.05. The second-order valence-corrected chi connectivity index (χ2v) is 5.62. The summed E-state index contributed by atoms with van der Waals surface area (Å²) in [4.78, 5) is 20.1. The second kappa shape index (κ2) is 7.39. The van der Waals surface area contributed by atoms with E-state index in [1.54, 1.807) is 17.0 Å². The van der Waals surface area contributed by atoms with E-state index in [1.165, 1.54) is 12.1 Å². The number of nitrogens with zero attached hydrogens (tertiary/aromatic N) is 4. The number of benzene rings is 1. The molecule has 1 N–H and O–H groups in total. The number of piperazine rings is 1. The molecule has 3 rings (SSSR count). The predicted molar refractivity (Wildman–Crippen MR) is 85.6 cm³/mol. The molecule has 1 aromatic heterocycles. The summed E-state index contributed by atoms with van der Waals surface area (Å²) in [5.41, 5.74) is 0.565. The predicted octanol–water partition coefficient (Wildman–Crippen LogP) is 1.72. The van der Waals surface area contributed by atoms with Crippen LogP contribution in [-0.2, 0) is 6.54 Å². The maximum absolute atomic E-state index is 13.3. The fourth-order valence-electron chi connectivity index (χ4n) is 2.63. The van der Waals surface area contributed by atoms with E-state index in [-0.39, 0.29) is 11.8 Å². The molecule has 1 aliphatic heterocycles. The Morgan fingerprint density at radius 1 is 1.33 bits per heavy atom. The molecule has 0 unspecified atom stereocenters. The van der Waals surface area contributed by atoms with E-state index in [9.17, 15) is 9.18 Å². The van der Waals surface area contributed by atoms with Crippen LogP contribution in [0.3, 0.4) is 0 Å². The maximum atomic E-state index is 13.3. The minimum absolute atomic E-state index is 0.0231. The van der Waals surface area contributed by atoms with E-state index in [1.807, 2.05) is 6.92 Å². The number of amides is 2. The summed E-state index contributed by atoms with van der Waals surface area (Å²) in [5.74, 6) is 0.528. The molecule has 1 saturated heterocycles. The number of halogens is 1. The number of rotatable bonds is 4. The van der Waals surface area contributed by atoms with Crippen molar-refractivity contribution in [1.82, 2.24) is 25.3 Å². The van der Waals surface area contributed by atoms with Crippen molar-refractivity contribution in [2.24, 2.45) is 0 Å². The van der Waals surface area contributed by atoms with Gasteiger partial charge in [0.15, 0.2) is 5.82 Å². The van der Waals surface area contributed by atoms with E-state index in [2.05, 4.69) is 20.4 Å². The van der Waals surface area contributed by atoms with Crippen molar-refractivity contribution in [3.63, 3.8) is 0 Å². The lowest BCUT2D eigenvalue weighted by molar-refractivity contribution is 0.133. The molecule has 1 fully saturated rings. The lowest BCUT2D eigenvalue weighted by Gasteiger charge is -2.33. The van der Waals surface area contributed by atoms with E-state index in [0.29, 0.717) is 43.5 Å². The zero-order valence-electron chi connectivity index (χ0n) is 13.5. The molecule has 2 heterocycles. The van der Waals surface area contributed by atoms with Gasteiger partial charge in [-0.15, -0.1) is 0 Å². The molecule has 2 aromatic rings. The fraction of sp³-hybridized carbons (Fsp3) is 0.438. The molecule has 0 aliphatic carbocycles. The van der Waals surface area contributed by atoms with Crippen LogP contribution in [0.1, 0.15) is 12.7 Å². The third-order valence-corrected chi connectivity index (χ3v) is 3.89. The minimum atomic E-state index is -0.339. The summed E-state index contributed by atoms with van der Waals surface area (Å²) in [5, 5.41) is 6.76. The molecule has 0 atom stereocenters. The van der Waals surface area contributed by atoms with Crippen LogP contribution in [0, 0.1) is 5.82 Å². The van der Waals surface area contributed by atoms with Crippen LogP contribution in [0.5, 0.6) is 0 Å². The Bertz CT molecular complexity index is 697. The van der Waals surface area contributed by atoms with Crippen LogP contribution in [0.4, 0.5) is 9.18 Å². The zero-order valence-corrected chi connectivity index (χ0v) is 13.5. The van der Waals surface area contributed by atoms with Crippen LogP contribution in [0.25, 0.3) is 11.5 Å². The Morgan fingerprint density at radius 2 is 2.12 bits per heavy atom. The Balaban J connectivity index is 1.56. The van der Waals surface area contributed by atoms with Gasteiger partial charge in [-0.1, -0.05) is 11.2 Å². The van der Waals surface area contributed by atoms with Crippen molar-refractivity contribution in [2.75, 3.05) is 32.7 Å². The molecule has 2 amide bonds. The number of hydrogen-bond acceptors (Lipinski definition) is 5. The first-order chi connectivity index (χ1) is 11.7. The Hall–Kier alpha value is -2.48. The molecule has 7 nitrogen and oxygen atoms in total. The van der Waals surface area contributed by atoms with Gasteiger partial charge in [-0.05, 0) is 25.1 Å². The third-order valence-electron chi connectivity index (χ3n) is 3.89. The highest BCUT2D eigenvalue weighted by atomic mass is 19.1.